The highest BCUT2D eigenvalue weighted by Crippen LogP contribution is 2.47. The molecule has 1 aliphatic heterocycles. The summed E-state index contributed by atoms with van der Waals surface area (Å²) in [4.78, 5) is 17.5. The third kappa shape index (κ3) is 2.63. The average Bonchev–Trinajstić information content (AvgIpc) is 2.95. The number of benzene rings is 1. The van der Waals surface area contributed by atoms with Crippen LogP contribution in [0.4, 0.5) is 5.95 Å². The van der Waals surface area contributed by atoms with Gasteiger partial charge in [-0.3, -0.25) is 4.79 Å². The van der Waals surface area contributed by atoms with Gasteiger partial charge in [-0.25, -0.2) is 4.68 Å². The lowest BCUT2D eigenvalue weighted by molar-refractivity contribution is -0.125. The second kappa shape index (κ2) is 5.62. The SMILES string of the molecule is CSc1nc2n(n1)[C@H](c1ccccc1O)[C@H]1C(=O)CC(C)(C)C=C1N2. The van der Waals surface area contributed by atoms with Crippen molar-refractivity contribution in [3.8, 4) is 5.75 Å². The van der Waals surface area contributed by atoms with Gasteiger partial charge in [-0.15, -0.1) is 5.10 Å². The average molecular weight is 356 g/mol. The fraction of sp³-hybridized carbons (Fsp3) is 0.389. The molecule has 2 N–H and O–H groups in total. The first kappa shape index (κ1) is 16.2. The van der Waals surface area contributed by atoms with Crippen LogP contribution in [0.5, 0.6) is 5.75 Å². The molecule has 0 amide bonds. The molecule has 0 bridgehead atoms. The highest BCUT2D eigenvalue weighted by atomic mass is 32.2. The standard InChI is InChI=1S/C18H20N4O2S/c1-18(2)8-11-14(13(24)9-18)15(10-6-4-5-7-12(10)23)22-16(19-11)20-17(21-22)25-3/h4-8,14-15,23H,9H2,1-3H3,(H,19,20,21)/t14-,15-/m1/s1. The van der Waals surface area contributed by atoms with Crippen molar-refractivity contribution in [3.63, 3.8) is 0 Å². The number of Topliss-reactive ketones (excluding diaryl/α,β-unsaturated/α-hetero) is 1. The molecule has 4 rings (SSSR count). The van der Waals surface area contributed by atoms with Crippen LogP contribution >= 0.6 is 11.8 Å². The van der Waals surface area contributed by atoms with Crippen LogP contribution in [0.2, 0.25) is 0 Å². The molecule has 0 saturated heterocycles. The van der Waals surface area contributed by atoms with E-state index in [1.807, 2.05) is 18.4 Å². The van der Waals surface area contributed by atoms with Crippen molar-refractivity contribution < 1.29 is 9.90 Å². The number of para-hydroxylation sites is 1. The van der Waals surface area contributed by atoms with Gasteiger partial charge in [0.15, 0.2) is 0 Å². The number of thioether (sulfide) groups is 1. The molecule has 1 aromatic carbocycles. The number of aromatic hydroxyl groups is 1. The number of aromatic nitrogens is 3. The summed E-state index contributed by atoms with van der Waals surface area (Å²) in [7, 11) is 0. The molecule has 0 unspecified atom stereocenters. The first-order valence-electron chi connectivity index (χ1n) is 8.20. The van der Waals surface area contributed by atoms with Crippen LogP contribution < -0.4 is 5.32 Å². The number of rotatable bonds is 2. The third-order valence-corrected chi connectivity index (χ3v) is 5.28. The van der Waals surface area contributed by atoms with Crippen LogP contribution in [-0.4, -0.2) is 31.9 Å². The number of phenols is 1. The van der Waals surface area contributed by atoms with E-state index in [0.717, 1.165) is 5.70 Å². The lowest BCUT2D eigenvalue weighted by Gasteiger charge is -2.40. The van der Waals surface area contributed by atoms with Gasteiger partial charge in [0.1, 0.15) is 11.5 Å². The molecule has 2 aliphatic rings. The first-order chi connectivity index (χ1) is 11.9. The van der Waals surface area contributed by atoms with E-state index in [1.54, 1.807) is 16.8 Å². The molecule has 7 heteroatoms. The number of hydrogen-bond donors (Lipinski definition) is 2. The van der Waals surface area contributed by atoms with E-state index in [2.05, 4.69) is 35.3 Å². The number of phenolic OH excluding ortho intramolecular Hbond substituents is 1. The van der Waals surface area contributed by atoms with Crippen LogP contribution in [0.3, 0.4) is 0 Å². The van der Waals surface area contributed by atoms with Crippen LogP contribution in [0.1, 0.15) is 31.9 Å². The summed E-state index contributed by atoms with van der Waals surface area (Å²) in [6.07, 6.45) is 4.49. The molecule has 0 fully saturated rings. The van der Waals surface area contributed by atoms with Gasteiger partial charge >= 0.3 is 0 Å². The Morgan fingerprint density at radius 3 is 2.84 bits per heavy atom. The number of hydrogen-bond acceptors (Lipinski definition) is 6. The minimum Gasteiger partial charge on any atom is -0.508 e. The fourth-order valence-corrected chi connectivity index (χ4v) is 4.09. The van der Waals surface area contributed by atoms with Gasteiger partial charge in [0.2, 0.25) is 11.1 Å². The van der Waals surface area contributed by atoms with Gasteiger partial charge in [-0.1, -0.05) is 49.9 Å². The van der Waals surface area contributed by atoms with Crippen molar-refractivity contribution >= 4 is 23.5 Å². The predicted octanol–water partition coefficient (Wildman–Crippen LogP) is 3.22. The van der Waals surface area contributed by atoms with Crippen molar-refractivity contribution in [2.75, 3.05) is 11.6 Å². The molecule has 1 aromatic heterocycles. The Bertz CT molecular complexity index is 887. The molecule has 0 radical (unpaired) electrons. The van der Waals surface area contributed by atoms with Gasteiger partial charge in [-0.05, 0) is 17.7 Å². The largest absolute Gasteiger partial charge is 0.508 e. The van der Waals surface area contributed by atoms with E-state index in [0.29, 0.717) is 23.1 Å². The predicted molar refractivity (Wildman–Crippen MR) is 96.6 cm³/mol. The van der Waals surface area contributed by atoms with Gasteiger partial charge in [-0.2, -0.15) is 4.98 Å². The lowest BCUT2D eigenvalue weighted by atomic mass is 9.72. The number of allylic oxidation sites excluding steroid dienone is 2. The van der Waals surface area contributed by atoms with Crippen LogP contribution in [0.15, 0.2) is 41.2 Å². The van der Waals surface area contributed by atoms with E-state index in [1.165, 1.54) is 11.8 Å². The summed E-state index contributed by atoms with van der Waals surface area (Å²) in [6.45, 7) is 4.11. The van der Waals surface area contributed by atoms with Crippen LogP contribution in [0, 0.1) is 11.3 Å². The van der Waals surface area contributed by atoms with Crippen molar-refractivity contribution in [1.29, 1.82) is 0 Å². The van der Waals surface area contributed by atoms with Crippen molar-refractivity contribution in [2.24, 2.45) is 11.3 Å². The molecule has 2 heterocycles. The second-order valence-electron chi connectivity index (χ2n) is 7.20. The van der Waals surface area contributed by atoms with Crippen molar-refractivity contribution in [3.05, 3.63) is 41.6 Å². The number of ketones is 1. The highest BCUT2D eigenvalue weighted by molar-refractivity contribution is 7.98. The smallest absolute Gasteiger partial charge is 0.227 e. The quantitative estimate of drug-likeness (QED) is 0.804. The Morgan fingerprint density at radius 1 is 1.36 bits per heavy atom. The third-order valence-electron chi connectivity index (χ3n) is 4.74. The molecule has 1 aliphatic carbocycles. The minimum atomic E-state index is -0.402. The van der Waals surface area contributed by atoms with E-state index >= 15 is 0 Å². The maximum Gasteiger partial charge on any atom is 0.227 e. The van der Waals surface area contributed by atoms with E-state index in [-0.39, 0.29) is 16.9 Å². The first-order valence-corrected chi connectivity index (χ1v) is 9.43. The lowest BCUT2D eigenvalue weighted by Crippen LogP contribution is -2.42. The summed E-state index contributed by atoms with van der Waals surface area (Å²) >= 11 is 1.45. The topological polar surface area (TPSA) is 80.0 Å². The van der Waals surface area contributed by atoms with E-state index in [4.69, 9.17) is 0 Å². The molecule has 6 nitrogen and oxygen atoms in total. The van der Waals surface area contributed by atoms with Crippen LogP contribution in [-0.2, 0) is 4.79 Å². The Labute approximate surface area is 150 Å². The fourth-order valence-electron chi connectivity index (χ4n) is 3.74. The molecular formula is C18H20N4O2S. The monoisotopic (exact) mass is 356 g/mol. The summed E-state index contributed by atoms with van der Waals surface area (Å²) in [5.41, 5.74) is 1.33. The van der Waals surface area contributed by atoms with E-state index < -0.39 is 12.0 Å². The molecule has 25 heavy (non-hydrogen) atoms. The van der Waals surface area contributed by atoms with Crippen LogP contribution in [0.25, 0.3) is 0 Å². The molecule has 130 valence electrons. The zero-order valence-electron chi connectivity index (χ0n) is 14.4. The number of carbonyl (C=O) groups excluding carboxylic acids is 1. The van der Waals surface area contributed by atoms with Gasteiger partial charge < -0.3 is 10.4 Å². The van der Waals surface area contributed by atoms with E-state index in [9.17, 15) is 9.90 Å². The zero-order chi connectivity index (χ0) is 17.8. The summed E-state index contributed by atoms with van der Waals surface area (Å²) in [6, 6.07) is 6.73. The van der Waals surface area contributed by atoms with Crippen molar-refractivity contribution in [1.82, 2.24) is 14.8 Å². The number of anilines is 1. The Kier molecular flexibility index (Phi) is 3.64. The number of nitrogens with one attached hydrogen (secondary N) is 1. The number of nitrogens with zero attached hydrogens (tertiary/aromatic N) is 3. The number of fused-ring (bicyclic) bond motifs is 2. The second-order valence-corrected chi connectivity index (χ2v) is 7.98. The number of carbonyl (C=O) groups is 1. The Morgan fingerprint density at radius 2 is 2.12 bits per heavy atom. The summed E-state index contributed by atoms with van der Waals surface area (Å²) in [5, 5.41) is 18.9. The normalized spacial score (nSPS) is 24.1. The summed E-state index contributed by atoms with van der Waals surface area (Å²) in [5.74, 6) is 0.518. The van der Waals surface area contributed by atoms with Crippen molar-refractivity contribution in [2.45, 2.75) is 31.5 Å². The zero-order valence-corrected chi connectivity index (χ0v) is 15.2. The van der Waals surface area contributed by atoms with Gasteiger partial charge in [0, 0.05) is 17.7 Å². The summed E-state index contributed by atoms with van der Waals surface area (Å²) < 4.78 is 1.74. The van der Waals surface area contributed by atoms with Gasteiger partial charge in [0.25, 0.3) is 0 Å². The molecular weight excluding hydrogens is 336 g/mol. The highest BCUT2D eigenvalue weighted by Gasteiger charge is 2.45. The maximum absolute atomic E-state index is 13.0. The molecule has 2 aromatic rings. The maximum atomic E-state index is 13.0. The molecule has 0 spiro atoms. The van der Waals surface area contributed by atoms with Gasteiger partial charge in [0.05, 0.1) is 12.0 Å². The Balaban J connectivity index is 1.94. The minimum absolute atomic E-state index is 0.148. The molecule has 2 atom stereocenters. The molecule has 0 saturated carbocycles. The Hall–Kier alpha value is -2.28.